The third-order valence-electron chi connectivity index (χ3n) is 10.3. The fraction of sp³-hybridized carbons (Fsp3) is 0.676. The number of nitrogens with one attached hydrogen (secondary N) is 1. The molecule has 0 bridgehead atoms. The van der Waals surface area contributed by atoms with Gasteiger partial charge in [0.15, 0.2) is 11.9 Å². The highest BCUT2D eigenvalue weighted by molar-refractivity contribution is 5.98. The standard InChI is InChI=1S/C34H48FN5O5/c1-21-37-31(45-39-21)24-14-16-26(17-15-24)40(19-18-27(29(40)30(36)41)22-8-6-5-7-9-22)32(42)25-12-10-23(11-13-25)28(20-35)38-33(43)44-34(2,3)4/h14-17,22-23,25,27-29H,5-13,18-20H2,1-4H3,(H2-,36,38,41,43)/p+1/t23-,25-,27-,28+,29-,40?/m0/s1. The molecule has 2 saturated carbocycles. The molecule has 3 amide bonds. The molecule has 10 nitrogen and oxygen atoms in total. The molecular weight excluding hydrogens is 577 g/mol. The molecule has 0 radical (unpaired) electrons. The Morgan fingerprint density at radius 2 is 1.71 bits per heavy atom. The number of aromatic nitrogens is 2. The molecule has 1 aromatic heterocycles. The summed E-state index contributed by atoms with van der Waals surface area (Å²) in [5, 5.41) is 6.60. The van der Waals surface area contributed by atoms with Gasteiger partial charge in [0.2, 0.25) is 0 Å². The van der Waals surface area contributed by atoms with Gasteiger partial charge >= 0.3 is 12.0 Å². The van der Waals surface area contributed by atoms with Crippen LogP contribution < -0.4 is 15.5 Å². The zero-order chi connectivity index (χ0) is 32.4. The Bertz CT molecular complexity index is 1340. The third kappa shape index (κ3) is 7.08. The number of alkyl carbamates (subject to hydrolysis) is 1. The molecule has 5 rings (SSSR count). The smallest absolute Gasteiger partial charge is 0.407 e. The second-order valence-electron chi connectivity index (χ2n) is 14.3. The van der Waals surface area contributed by atoms with Crippen LogP contribution in [0.5, 0.6) is 0 Å². The van der Waals surface area contributed by atoms with E-state index in [1.54, 1.807) is 27.7 Å². The van der Waals surface area contributed by atoms with E-state index in [1.807, 2.05) is 24.3 Å². The van der Waals surface area contributed by atoms with Gasteiger partial charge in [-0.05, 0) is 90.2 Å². The van der Waals surface area contributed by atoms with Gasteiger partial charge in [0.25, 0.3) is 11.8 Å². The van der Waals surface area contributed by atoms with E-state index in [0.717, 1.165) is 43.4 Å². The fourth-order valence-electron chi connectivity index (χ4n) is 8.24. The van der Waals surface area contributed by atoms with Crippen molar-refractivity contribution in [3.8, 4) is 11.5 Å². The largest absolute Gasteiger partial charge is 0.444 e. The number of likely N-dealkylation sites (tertiary alicyclic amines) is 1. The van der Waals surface area contributed by atoms with Crippen LogP contribution >= 0.6 is 0 Å². The predicted octanol–water partition coefficient (Wildman–Crippen LogP) is 6.00. The Morgan fingerprint density at radius 1 is 1.04 bits per heavy atom. The van der Waals surface area contributed by atoms with E-state index in [0.29, 0.717) is 49.9 Å². The monoisotopic (exact) mass is 626 g/mol. The summed E-state index contributed by atoms with van der Waals surface area (Å²) in [5.74, 6) is 0.481. The van der Waals surface area contributed by atoms with E-state index in [1.165, 1.54) is 6.42 Å². The van der Waals surface area contributed by atoms with Crippen molar-refractivity contribution in [1.82, 2.24) is 19.9 Å². The van der Waals surface area contributed by atoms with Crippen LogP contribution in [0.4, 0.5) is 14.9 Å². The van der Waals surface area contributed by atoms with Gasteiger partial charge in [-0.25, -0.2) is 18.5 Å². The van der Waals surface area contributed by atoms with Gasteiger partial charge in [0.1, 0.15) is 18.0 Å². The molecule has 2 aromatic rings. The van der Waals surface area contributed by atoms with Crippen LogP contribution in [0.3, 0.4) is 0 Å². The molecule has 2 aliphatic carbocycles. The minimum Gasteiger partial charge on any atom is -0.444 e. The lowest BCUT2D eigenvalue weighted by atomic mass is 9.75. The Balaban J connectivity index is 1.41. The molecule has 3 N–H and O–H groups in total. The Hall–Kier alpha value is -3.34. The number of carbonyl (C=O) groups excluding carboxylic acids is 3. The predicted molar refractivity (Wildman–Crippen MR) is 168 cm³/mol. The number of nitrogens with two attached hydrogens (primary N) is 1. The van der Waals surface area contributed by atoms with Crippen LogP contribution in [-0.4, -0.2) is 59.0 Å². The molecule has 0 spiro atoms. The minimum absolute atomic E-state index is 0.00819. The lowest BCUT2D eigenvalue weighted by molar-refractivity contribution is -0.142. The zero-order valence-electron chi connectivity index (χ0n) is 27.1. The first kappa shape index (κ1) is 33.0. The molecule has 1 saturated heterocycles. The van der Waals surface area contributed by atoms with Crippen molar-refractivity contribution < 1.29 is 28.0 Å². The maximum Gasteiger partial charge on any atom is 0.407 e. The van der Waals surface area contributed by atoms with E-state index in [9.17, 15) is 18.8 Å². The number of hydrogen-bond acceptors (Lipinski definition) is 7. The molecule has 45 heavy (non-hydrogen) atoms. The number of rotatable bonds is 8. The number of benzene rings is 1. The lowest BCUT2D eigenvalue weighted by Crippen LogP contribution is -2.65. The fourth-order valence-corrected chi connectivity index (χ4v) is 8.24. The summed E-state index contributed by atoms with van der Waals surface area (Å²) in [7, 11) is 0. The average Bonchev–Trinajstić information content (AvgIpc) is 3.64. The van der Waals surface area contributed by atoms with Crippen LogP contribution in [0, 0.1) is 30.6 Å². The highest BCUT2D eigenvalue weighted by atomic mass is 19.1. The normalized spacial score (nSPS) is 28.4. The maximum absolute atomic E-state index is 14.9. The van der Waals surface area contributed by atoms with Gasteiger partial charge < -0.3 is 20.3 Å². The zero-order valence-corrected chi connectivity index (χ0v) is 27.1. The van der Waals surface area contributed by atoms with Crippen LogP contribution in [0.15, 0.2) is 28.8 Å². The number of amides is 3. The number of nitrogens with zero attached hydrogens (tertiary/aromatic N) is 3. The van der Waals surface area contributed by atoms with E-state index >= 15 is 0 Å². The number of carbonyl (C=O) groups is 3. The van der Waals surface area contributed by atoms with E-state index in [2.05, 4.69) is 15.5 Å². The van der Waals surface area contributed by atoms with Gasteiger partial charge in [-0.1, -0.05) is 24.4 Å². The topological polar surface area (TPSA) is 137 Å². The molecule has 11 heteroatoms. The highest BCUT2D eigenvalue weighted by Crippen LogP contribution is 2.47. The first-order valence-electron chi connectivity index (χ1n) is 16.6. The van der Waals surface area contributed by atoms with Crippen LogP contribution in [0.1, 0.15) is 90.8 Å². The molecule has 4 atom stereocenters. The van der Waals surface area contributed by atoms with Crippen molar-refractivity contribution in [2.75, 3.05) is 13.2 Å². The first-order chi connectivity index (χ1) is 21.4. The number of aryl methyl sites for hydroxylation is 1. The quantitative estimate of drug-likeness (QED) is 0.343. The Labute approximate surface area is 265 Å². The van der Waals surface area contributed by atoms with Gasteiger partial charge in [-0.2, -0.15) is 4.98 Å². The number of alkyl halides is 1. The second-order valence-corrected chi connectivity index (χ2v) is 14.3. The summed E-state index contributed by atoms with van der Waals surface area (Å²) in [5.41, 5.74) is 7.03. The summed E-state index contributed by atoms with van der Waals surface area (Å²) in [6.07, 6.45) is 7.97. The van der Waals surface area contributed by atoms with E-state index in [4.69, 9.17) is 15.0 Å². The van der Waals surface area contributed by atoms with E-state index in [-0.39, 0.29) is 28.1 Å². The Morgan fingerprint density at radius 3 is 2.27 bits per heavy atom. The number of hydrogen-bond donors (Lipinski definition) is 2. The van der Waals surface area contributed by atoms with Crippen molar-refractivity contribution in [2.45, 2.75) is 110 Å². The molecular formula is C34H49FN5O5+. The molecule has 1 aromatic carbocycles. The summed E-state index contributed by atoms with van der Waals surface area (Å²) < 4.78 is 24.8. The summed E-state index contributed by atoms with van der Waals surface area (Å²) >= 11 is 0. The van der Waals surface area contributed by atoms with Gasteiger partial charge in [0, 0.05) is 30.0 Å². The van der Waals surface area contributed by atoms with Crippen molar-refractivity contribution in [3.63, 3.8) is 0 Å². The molecule has 1 aliphatic heterocycles. The van der Waals surface area contributed by atoms with Gasteiger partial charge in [-0.15, -0.1) is 0 Å². The Kier molecular flexibility index (Phi) is 9.96. The molecule has 3 aliphatic rings. The molecule has 2 heterocycles. The van der Waals surface area contributed by atoms with Crippen LogP contribution in [-0.2, 0) is 14.3 Å². The molecule has 1 unspecified atom stereocenters. The second kappa shape index (κ2) is 13.6. The SMILES string of the molecule is Cc1noc(-c2ccc([N+]3(C(=O)[C@H]4CC[C@H]([C@@H](CF)NC(=O)OC(C)(C)C)CC4)CC[C@@H](C4CCCCC4)[C@H]3C(N)=O)cc2)n1. The van der Waals surface area contributed by atoms with Crippen LogP contribution in [0.25, 0.3) is 11.5 Å². The van der Waals surface area contributed by atoms with Gasteiger partial charge in [-0.3, -0.25) is 4.79 Å². The third-order valence-corrected chi connectivity index (χ3v) is 10.3. The van der Waals surface area contributed by atoms with Gasteiger partial charge in [0.05, 0.1) is 18.5 Å². The minimum atomic E-state index is -0.707. The van der Waals surface area contributed by atoms with Crippen molar-refractivity contribution in [1.29, 1.82) is 0 Å². The van der Waals surface area contributed by atoms with Crippen molar-refractivity contribution >= 4 is 23.6 Å². The van der Waals surface area contributed by atoms with E-state index < -0.39 is 36.4 Å². The van der Waals surface area contributed by atoms with Crippen molar-refractivity contribution in [3.05, 3.63) is 30.1 Å². The lowest BCUT2D eigenvalue weighted by Gasteiger charge is -2.42. The number of primary amides is 1. The number of ether oxygens (including phenoxy) is 1. The molecule has 246 valence electrons. The summed E-state index contributed by atoms with van der Waals surface area (Å²) in [6.45, 7) is 6.86. The number of halogens is 1. The number of quaternary nitrogens is 1. The van der Waals surface area contributed by atoms with Crippen molar-refractivity contribution in [2.24, 2.45) is 29.4 Å². The highest BCUT2D eigenvalue weighted by Gasteiger charge is 2.60. The first-order valence-corrected chi connectivity index (χ1v) is 16.6. The summed E-state index contributed by atoms with van der Waals surface area (Å²) in [6, 6.07) is 6.21. The average molecular weight is 627 g/mol. The maximum atomic E-state index is 14.9. The van der Waals surface area contributed by atoms with Crippen LogP contribution in [0.2, 0.25) is 0 Å². The molecule has 3 fully saturated rings. The summed E-state index contributed by atoms with van der Waals surface area (Å²) in [4.78, 5) is 45.0.